The Morgan fingerprint density at radius 2 is 2.09 bits per heavy atom. The summed E-state index contributed by atoms with van der Waals surface area (Å²) in [6.07, 6.45) is 3.51. The van der Waals surface area contributed by atoms with Gasteiger partial charge in [-0.3, -0.25) is 0 Å². The number of hydrogen-bond acceptors (Lipinski definition) is 6. The van der Waals surface area contributed by atoms with Crippen molar-refractivity contribution in [2.45, 2.75) is 6.92 Å². The Morgan fingerprint density at radius 1 is 1.32 bits per heavy atom. The normalized spacial score (nSPS) is 16.4. The van der Waals surface area contributed by atoms with Crippen molar-refractivity contribution in [3.8, 4) is 0 Å². The molecule has 6 nitrogen and oxygen atoms in total. The summed E-state index contributed by atoms with van der Waals surface area (Å²) < 4.78 is 11.3. The van der Waals surface area contributed by atoms with E-state index < -0.39 is 0 Å². The molecule has 0 aliphatic carbocycles. The maximum Gasteiger partial charge on any atom is 0.228 e. The van der Waals surface area contributed by atoms with Gasteiger partial charge in [0.25, 0.3) is 0 Å². The van der Waals surface area contributed by atoms with Gasteiger partial charge in [-0.05, 0) is 29.6 Å². The first-order valence-corrected chi connectivity index (χ1v) is 8.12. The van der Waals surface area contributed by atoms with Gasteiger partial charge in [0.15, 0.2) is 11.4 Å². The molecular weight excluding hydrogens is 372 g/mol. The molecule has 22 heavy (non-hydrogen) atoms. The number of fused-ring (bicyclic) bond motifs is 1. The highest BCUT2D eigenvalue weighted by Crippen LogP contribution is 2.37. The van der Waals surface area contributed by atoms with Crippen molar-refractivity contribution in [1.29, 1.82) is 0 Å². The molecule has 0 spiro atoms. The van der Waals surface area contributed by atoms with Gasteiger partial charge in [0, 0.05) is 19.3 Å². The minimum atomic E-state index is 0.186. The molecule has 3 rings (SSSR count). The smallest absolute Gasteiger partial charge is 0.228 e. The van der Waals surface area contributed by atoms with E-state index in [2.05, 4.69) is 35.8 Å². The van der Waals surface area contributed by atoms with E-state index >= 15 is 0 Å². The van der Waals surface area contributed by atoms with Crippen LogP contribution >= 0.6 is 27.5 Å². The van der Waals surface area contributed by atoms with E-state index in [0.29, 0.717) is 36.0 Å². The summed E-state index contributed by atoms with van der Waals surface area (Å²) in [7, 11) is 0. The van der Waals surface area contributed by atoms with Crippen molar-refractivity contribution in [3.63, 3.8) is 0 Å². The lowest BCUT2D eigenvalue weighted by molar-refractivity contribution is 0.122. The zero-order chi connectivity index (χ0) is 15.5. The van der Waals surface area contributed by atoms with Crippen LogP contribution in [0.4, 0.5) is 11.7 Å². The quantitative estimate of drug-likeness (QED) is 0.594. The number of morpholine rings is 1. The second kappa shape index (κ2) is 6.76. The zero-order valence-corrected chi connectivity index (χ0v) is 14.3. The van der Waals surface area contributed by atoms with Crippen molar-refractivity contribution in [2.75, 3.05) is 31.2 Å². The predicted octanol–water partition coefficient (Wildman–Crippen LogP) is 3.80. The van der Waals surface area contributed by atoms with Gasteiger partial charge in [0.1, 0.15) is 5.52 Å². The fourth-order valence-electron chi connectivity index (χ4n) is 2.36. The molecule has 3 heterocycles. The Hall–Kier alpha value is -1.44. The Morgan fingerprint density at radius 3 is 2.77 bits per heavy atom. The highest BCUT2D eigenvalue weighted by Gasteiger charge is 2.23. The molecule has 2 aromatic rings. The number of hydrogen-bond donors (Lipinski definition) is 0. The standard InChI is InChI=1S/C14H14BrClN4O2/c1-2-17-13-9(3-4-15)10-11(22-13)12(19-14(16)18-10)20-5-7-21-8-6-20/h2-4H,5-8H2,1H3/b4-3+,17-2-. The molecule has 0 saturated carbocycles. The van der Waals surface area contributed by atoms with Gasteiger partial charge in [-0.25, -0.2) is 9.98 Å². The zero-order valence-electron chi connectivity index (χ0n) is 11.9. The number of halogens is 2. The van der Waals surface area contributed by atoms with Crippen LogP contribution in [-0.4, -0.2) is 42.5 Å². The van der Waals surface area contributed by atoms with E-state index in [1.807, 2.05) is 13.0 Å². The van der Waals surface area contributed by atoms with E-state index in [4.69, 9.17) is 20.8 Å². The molecule has 1 saturated heterocycles. The first kappa shape index (κ1) is 15.5. The lowest BCUT2D eigenvalue weighted by Gasteiger charge is -2.27. The van der Waals surface area contributed by atoms with Crippen molar-refractivity contribution >= 4 is 62.6 Å². The maximum absolute atomic E-state index is 6.11. The lowest BCUT2D eigenvalue weighted by atomic mass is 10.2. The van der Waals surface area contributed by atoms with Crippen molar-refractivity contribution in [3.05, 3.63) is 15.8 Å². The number of rotatable bonds is 3. The van der Waals surface area contributed by atoms with E-state index in [0.717, 1.165) is 18.7 Å². The molecule has 0 radical (unpaired) electrons. The first-order valence-electron chi connectivity index (χ1n) is 6.82. The van der Waals surface area contributed by atoms with Gasteiger partial charge in [-0.15, -0.1) is 0 Å². The molecule has 1 aliphatic rings. The van der Waals surface area contributed by atoms with E-state index in [-0.39, 0.29) is 5.28 Å². The monoisotopic (exact) mass is 384 g/mol. The van der Waals surface area contributed by atoms with Crippen LogP contribution in [0.3, 0.4) is 0 Å². The molecule has 2 aromatic heterocycles. The minimum Gasteiger partial charge on any atom is -0.432 e. The summed E-state index contributed by atoms with van der Waals surface area (Å²) >= 11 is 9.38. The van der Waals surface area contributed by atoms with E-state index in [1.165, 1.54) is 0 Å². The number of aliphatic imine (C=N–C) groups is 1. The molecule has 0 amide bonds. The highest BCUT2D eigenvalue weighted by atomic mass is 79.9. The molecule has 0 N–H and O–H groups in total. The summed E-state index contributed by atoms with van der Waals surface area (Å²) in [5.74, 6) is 1.17. The Labute approximate surface area is 141 Å². The van der Waals surface area contributed by atoms with Crippen LogP contribution in [-0.2, 0) is 4.74 Å². The van der Waals surface area contributed by atoms with Crippen LogP contribution in [0.25, 0.3) is 17.2 Å². The molecule has 0 aromatic carbocycles. The summed E-state index contributed by atoms with van der Waals surface area (Å²) in [5.41, 5.74) is 2.01. The fraction of sp³-hybridized carbons (Fsp3) is 0.357. The summed E-state index contributed by atoms with van der Waals surface area (Å²) in [6.45, 7) is 4.60. The van der Waals surface area contributed by atoms with E-state index in [1.54, 1.807) is 11.2 Å². The second-order valence-corrected chi connectivity index (χ2v) is 5.46. The van der Waals surface area contributed by atoms with Gasteiger partial charge >= 0.3 is 0 Å². The number of anilines is 1. The number of nitrogens with zero attached hydrogens (tertiary/aromatic N) is 4. The molecular formula is C14H14BrClN4O2. The summed E-state index contributed by atoms with van der Waals surface area (Å²) in [4.78, 5) is 16.7. The summed E-state index contributed by atoms with van der Waals surface area (Å²) in [6, 6.07) is 0. The van der Waals surface area contributed by atoms with Crippen LogP contribution in [0.1, 0.15) is 12.5 Å². The maximum atomic E-state index is 6.11. The number of ether oxygens (including phenoxy) is 1. The summed E-state index contributed by atoms with van der Waals surface area (Å²) in [5, 5.41) is 0.186. The Bertz CT molecular complexity index is 738. The molecule has 8 heteroatoms. The molecule has 0 bridgehead atoms. The van der Waals surface area contributed by atoms with Crippen molar-refractivity contribution in [1.82, 2.24) is 9.97 Å². The van der Waals surface area contributed by atoms with Crippen LogP contribution in [0.15, 0.2) is 14.4 Å². The highest BCUT2D eigenvalue weighted by molar-refractivity contribution is 9.11. The van der Waals surface area contributed by atoms with E-state index in [9.17, 15) is 0 Å². The van der Waals surface area contributed by atoms with Crippen LogP contribution < -0.4 is 4.90 Å². The lowest BCUT2D eigenvalue weighted by Crippen LogP contribution is -2.36. The fourth-order valence-corrected chi connectivity index (χ4v) is 2.79. The average molecular weight is 386 g/mol. The molecule has 0 atom stereocenters. The topological polar surface area (TPSA) is 63.8 Å². The van der Waals surface area contributed by atoms with Gasteiger partial charge in [-0.1, -0.05) is 15.9 Å². The number of aromatic nitrogens is 2. The molecule has 1 fully saturated rings. The van der Waals surface area contributed by atoms with Crippen LogP contribution in [0.2, 0.25) is 5.28 Å². The molecule has 1 aliphatic heterocycles. The van der Waals surface area contributed by atoms with Gasteiger partial charge in [0.2, 0.25) is 11.2 Å². The Balaban J connectivity index is 2.22. The van der Waals surface area contributed by atoms with Crippen molar-refractivity contribution in [2.24, 2.45) is 4.99 Å². The third kappa shape index (κ3) is 2.88. The first-order chi connectivity index (χ1) is 10.7. The van der Waals surface area contributed by atoms with Crippen molar-refractivity contribution < 1.29 is 9.15 Å². The Kier molecular flexibility index (Phi) is 4.75. The number of furan rings is 1. The van der Waals surface area contributed by atoms with Gasteiger partial charge in [0.05, 0.1) is 18.8 Å². The van der Waals surface area contributed by atoms with Gasteiger partial charge in [-0.2, -0.15) is 4.98 Å². The second-order valence-electron chi connectivity index (χ2n) is 4.59. The average Bonchev–Trinajstić information content (AvgIpc) is 2.86. The van der Waals surface area contributed by atoms with Gasteiger partial charge < -0.3 is 14.1 Å². The van der Waals surface area contributed by atoms with Crippen LogP contribution in [0.5, 0.6) is 0 Å². The SMILES string of the molecule is C/C=N\c1oc2c(N3CCOCC3)nc(Cl)nc2c1/C=C/Br. The predicted molar refractivity (Wildman–Crippen MR) is 91.6 cm³/mol. The molecule has 0 unspecified atom stereocenters. The minimum absolute atomic E-state index is 0.186. The third-order valence-corrected chi connectivity index (χ3v) is 3.72. The third-order valence-electron chi connectivity index (χ3n) is 3.29. The largest absolute Gasteiger partial charge is 0.432 e. The van der Waals surface area contributed by atoms with Crippen LogP contribution in [0, 0.1) is 0 Å². The molecule has 116 valence electrons.